The van der Waals surface area contributed by atoms with E-state index in [-0.39, 0.29) is 22.4 Å². The zero-order valence-electron chi connectivity index (χ0n) is 16.5. The SMILES string of the molecule is CC1(C)OC(=O)C(=CNc2cccc(C(=O)Nc3ccc(O)c(C(=O)O)c3)c2)C(=O)O1. The first-order valence-electron chi connectivity index (χ1n) is 8.97. The van der Waals surface area contributed by atoms with E-state index in [0.717, 1.165) is 18.3 Å². The number of hydrogen-bond donors (Lipinski definition) is 4. The van der Waals surface area contributed by atoms with Crippen LogP contribution in [0, 0.1) is 0 Å². The Morgan fingerprint density at radius 2 is 1.68 bits per heavy atom. The van der Waals surface area contributed by atoms with Crippen molar-refractivity contribution in [2.24, 2.45) is 0 Å². The second-order valence-corrected chi connectivity index (χ2v) is 6.95. The largest absolute Gasteiger partial charge is 0.507 e. The van der Waals surface area contributed by atoms with E-state index in [9.17, 15) is 24.3 Å². The highest BCUT2D eigenvalue weighted by Gasteiger charge is 2.38. The molecule has 0 aromatic heterocycles. The smallest absolute Gasteiger partial charge is 0.350 e. The lowest BCUT2D eigenvalue weighted by atomic mass is 10.1. The number of ether oxygens (including phenoxy) is 2. The van der Waals surface area contributed by atoms with Gasteiger partial charge < -0.3 is 30.3 Å². The second-order valence-electron chi connectivity index (χ2n) is 6.95. The number of anilines is 2. The highest BCUT2D eigenvalue weighted by atomic mass is 16.7. The standard InChI is InChI=1S/C21H18N2O8/c1-21(2)30-19(28)15(20(29)31-21)10-22-12-5-3-4-11(8-12)17(25)23-13-6-7-16(24)14(9-13)18(26)27/h3-10,22,24H,1-2H3,(H,23,25)(H,26,27). The van der Waals surface area contributed by atoms with Crippen LogP contribution >= 0.6 is 0 Å². The number of cyclic esters (lactones) is 2. The van der Waals surface area contributed by atoms with Crippen LogP contribution in [0.1, 0.15) is 34.6 Å². The highest BCUT2D eigenvalue weighted by Crippen LogP contribution is 2.24. The lowest BCUT2D eigenvalue weighted by Crippen LogP contribution is -2.42. The minimum atomic E-state index is -1.35. The number of rotatable bonds is 5. The molecule has 3 rings (SSSR count). The third-order valence-electron chi connectivity index (χ3n) is 4.11. The summed E-state index contributed by atoms with van der Waals surface area (Å²) < 4.78 is 9.99. The summed E-state index contributed by atoms with van der Waals surface area (Å²) in [5.74, 6) is -5.34. The first-order chi connectivity index (χ1) is 14.6. The predicted octanol–water partition coefficient (Wildman–Crippen LogP) is 2.47. The molecule has 1 saturated heterocycles. The van der Waals surface area contributed by atoms with Gasteiger partial charge in [0.15, 0.2) is 5.57 Å². The van der Waals surface area contributed by atoms with E-state index in [1.54, 1.807) is 12.1 Å². The normalized spacial score (nSPS) is 14.8. The van der Waals surface area contributed by atoms with Crippen LogP contribution in [-0.4, -0.2) is 39.8 Å². The van der Waals surface area contributed by atoms with Gasteiger partial charge in [-0.15, -0.1) is 0 Å². The molecular formula is C21H18N2O8. The third kappa shape index (κ3) is 4.99. The van der Waals surface area contributed by atoms with E-state index in [4.69, 9.17) is 14.6 Å². The molecule has 10 heteroatoms. The van der Waals surface area contributed by atoms with Gasteiger partial charge in [-0.2, -0.15) is 0 Å². The summed E-state index contributed by atoms with van der Waals surface area (Å²) in [5, 5.41) is 23.9. The van der Waals surface area contributed by atoms with Crippen molar-refractivity contribution in [2.75, 3.05) is 10.6 Å². The van der Waals surface area contributed by atoms with Crippen molar-refractivity contribution < 1.29 is 38.9 Å². The molecule has 0 bridgehead atoms. The molecular weight excluding hydrogens is 408 g/mol. The van der Waals surface area contributed by atoms with Gasteiger partial charge in [-0.1, -0.05) is 6.07 Å². The molecule has 0 saturated carbocycles. The number of nitrogens with one attached hydrogen (secondary N) is 2. The molecule has 1 aliphatic heterocycles. The fourth-order valence-corrected chi connectivity index (χ4v) is 2.67. The maximum atomic E-state index is 12.5. The summed E-state index contributed by atoms with van der Waals surface area (Å²) in [7, 11) is 0. The zero-order valence-corrected chi connectivity index (χ0v) is 16.5. The lowest BCUT2D eigenvalue weighted by Gasteiger charge is -2.29. The molecule has 2 aromatic rings. The molecule has 160 valence electrons. The van der Waals surface area contributed by atoms with Crippen LogP contribution in [0.4, 0.5) is 11.4 Å². The Kier molecular flexibility index (Phi) is 5.64. The number of benzene rings is 2. The number of carboxylic acids is 1. The molecule has 0 aliphatic carbocycles. The Hall–Kier alpha value is -4.34. The van der Waals surface area contributed by atoms with Crippen LogP contribution in [0.25, 0.3) is 0 Å². The van der Waals surface area contributed by atoms with Crippen LogP contribution in [-0.2, 0) is 19.1 Å². The van der Waals surface area contributed by atoms with Crippen LogP contribution in [0.2, 0.25) is 0 Å². The molecule has 10 nitrogen and oxygen atoms in total. The number of aromatic hydroxyl groups is 1. The monoisotopic (exact) mass is 426 g/mol. The van der Waals surface area contributed by atoms with Gasteiger partial charge in [0.25, 0.3) is 11.7 Å². The Bertz CT molecular complexity index is 1100. The van der Waals surface area contributed by atoms with E-state index in [0.29, 0.717) is 5.69 Å². The summed E-state index contributed by atoms with van der Waals surface area (Å²) in [6.45, 7) is 2.87. The molecule has 2 aromatic carbocycles. The molecule has 31 heavy (non-hydrogen) atoms. The Morgan fingerprint density at radius 1 is 1.00 bits per heavy atom. The van der Waals surface area contributed by atoms with E-state index in [1.807, 2.05) is 0 Å². The third-order valence-corrected chi connectivity index (χ3v) is 4.11. The number of carbonyl (C=O) groups excluding carboxylic acids is 3. The molecule has 0 spiro atoms. The minimum Gasteiger partial charge on any atom is -0.507 e. The Balaban J connectivity index is 1.74. The number of phenols is 1. The van der Waals surface area contributed by atoms with Gasteiger partial charge in [-0.3, -0.25) is 4.79 Å². The van der Waals surface area contributed by atoms with Crippen molar-refractivity contribution in [1.29, 1.82) is 0 Å². The van der Waals surface area contributed by atoms with E-state index in [2.05, 4.69) is 10.6 Å². The van der Waals surface area contributed by atoms with Gasteiger partial charge in [0.2, 0.25) is 0 Å². The minimum absolute atomic E-state index is 0.177. The summed E-state index contributed by atoms with van der Waals surface area (Å²) in [6.07, 6.45) is 1.12. The maximum absolute atomic E-state index is 12.5. The number of hydrogen-bond acceptors (Lipinski definition) is 8. The fraction of sp³-hybridized carbons (Fsp3) is 0.143. The summed E-state index contributed by atoms with van der Waals surface area (Å²) in [6, 6.07) is 9.77. The van der Waals surface area contributed by atoms with Crippen LogP contribution in [0.15, 0.2) is 54.2 Å². The number of amides is 1. The van der Waals surface area contributed by atoms with Crippen LogP contribution < -0.4 is 10.6 Å². The van der Waals surface area contributed by atoms with Gasteiger partial charge in [-0.05, 0) is 36.4 Å². The van der Waals surface area contributed by atoms with Gasteiger partial charge >= 0.3 is 17.9 Å². The van der Waals surface area contributed by atoms with Gasteiger partial charge in [0.05, 0.1) is 0 Å². The van der Waals surface area contributed by atoms with E-state index >= 15 is 0 Å². The average Bonchev–Trinajstić information content (AvgIpc) is 2.68. The summed E-state index contributed by atoms with van der Waals surface area (Å²) >= 11 is 0. The molecule has 1 fully saturated rings. The lowest BCUT2D eigenvalue weighted by molar-refractivity contribution is -0.222. The molecule has 0 atom stereocenters. The molecule has 1 amide bonds. The van der Waals surface area contributed by atoms with Gasteiger partial charge in [0, 0.05) is 37.0 Å². The Labute approximate surface area is 176 Å². The molecule has 0 unspecified atom stereocenters. The number of carboxylic acid groups (broad SMARTS) is 1. The van der Waals surface area contributed by atoms with Crippen molar-refractivity contribution in [3.8, 4) is 5.75 Å². The zero-order chi connectivity index (χ0) is 22.8. The first kappa shape index (κ1) is 21.4. The number of esters is 2. The van der Waals surface area contributed by atoms with Crippen molar-refractivity contribution >= 4 is 35.2 Å². The van der Waals surface area contributed by atoms with Crippen LogP contribution in [0.3, 0.4) is 0 Å². The molecule has 4 N–H and O–H groups in total. The van der Waals surface area contributed by atoms with Crippen LogP contribution in [0.5, 0.6) is 5.75 Å². The topological polar surface area (TPSA) is 151 Å². The fourth-order valence-electron chi connectivity index (χ4n) is 2.67. The maximum Gasteiger partial charge on any atom is 0.350 e. The van der Waals surface area contributed by atoms with Crippen molar-refractivity contribution in [3.63, 3.8) is 0 Å². The number of carbonyl (C=O) groups is 4. The van der Waals surface area contributed by atoms with Gasteiger partial charge in [0.1, 0.15) is 11.3 Å². The van der Waals surface area contributed by atoms with E-state index in [1.165, 1.54) is 32.0 Å². The summed E-state index contributed by atoms with van der Waals surface area (Å²) in [4.78, 5) is 47.5. The highest BCUT2D eigenvalue weighted by molar-refractivity contribution is 6.15. The van der Waals surface area contributed by atoms with Gasteiger partial charge in [-0.25, -0.2) is 14.4 Å². The van der Waals surface area contributed by atoms with Crippen molar-refractivity contribution in [2.45, 2.75) is 19.6 Å². The van der Waals surface area contributed by atoms with Crippen molar-refractivity contribution in [3.05, 3.63) is 65.4 Å². The average molecular weight is 426 g/mol. The predicted molar refractivity (Wildman–Crippen MR) is 107 cm³/mol. The van der Waals surface area contributed by atoms with Crippen molar-refractivity contribution in [1.82, 2.24) is 0 Å². The number of aromatic carboxylic acids is 1. The second kappa shape index (κ2) is 8.19. The first-order valence-corrected chi connectivity index (χ1v) is 8.97. The quantitative estimate of drug-likeness (QED) is 0.244. The molecule has 0 radical (unpaired) electrons. The molecule has 1 aliphatic rings. The summed E-state index contributed by atoms with van der Waals surface area (Å²) in [5.41, 5.74) is 0.0931. The van der Waals surface area contributed by atoms with E-state index < -0.39 is 35.4 Å². The molecule has 1 heterocycles. The Morgan fingerprint density at radius 3 is 2.32 bits per heavy atom.